The van der Waals surface area contributed by atoms with Crippen LogP contribution in [-0.4, -0.2) is 49.0 Å². The van der Waals surface area contributed by atoms with E-state index in [1.165, 1.54) is 0 Å². The number of nitrogen functional groups attached to an aromatic ring is 2. The number of nitrogens with zero attached hydrogens (tertiary/aromatic N) is 3. The Morgan fingerprint density at radius 1 is 1.32 bits per heavy atom. The first-order valence-electron chi connectivity index (χ1n) is 5.81. The van der Waals surface area contributed by atoms with Crippen molar-refractivity contribution in [1.29, 1.82) is 0 Å². The number of H-pyrrole nitrogens is 1. The van der Waals surface area contributed by atoms with E-state index in [0.717, 1.165) is 0 Å². The molecule has 9 nitrogen and oxygen atoms in total. The summed E-state index contributed by atoms with van der Waals surface area (Å²) in [6.07, 6.45) is -1.43. The summed E-state index contributed by atoms with van der Waals surface area (Å²) in [7, 11) is 0. The first-order chi connectivity index (χ1) is 9.08. The molecule has 1 saturated heterocycles. The summed E-state index contributed by atoms with van der Waals surface area (Å²) >= 11 is 0. The molecule has 0 unspecified atom stereocenters. The van der Waals surface area contributed by atoms with Crippen molar-refractivity contribution in [3.63, 3.8) is 0 Å². The number of aromatic nitrogens is 4. The molecule has 1 fully saturated rings. The molecule has 1 aliphatic heterocycles. The third-order valence-corrected chi connectivity index (χ3v) is 3.12. The fraction of sp³-hybridized carbons (Fsp3) is 0.500. The lowest BCUT2D eigenvalue weighted by atomic mass is 10.1. The molecule has 0 amide bonds. The van der Waals surface area contributed by atoms with Gasteiger partial charge in [0.05, 0.1) is 12.7 Å². The number of imidazole rings is 1. The Labute approximate surface area is 107 Å². The molecule has 3 heterocycles. The van der Waals surface area contributed by atoms with Crippen LogP contribution < -0.4 is 11.5 Å². The van der Waals surface area contributed by atoms with Gasteiger partial charge in [-0.3, -0.25) is 0 Å². The summed E-state index contributed by atoms with van der Waals surface area (Å²) < 4.78 is 5.49. The van der Waals surface area contributed by atoms with Crippen LogP contribution in [0.4, 0.5) is 11.8 Å². The van der Waals surface area contributed by atoms with Gasteiger partial charge >= 0.3 is 0 Å². The summed E-state index contributed by atoms with van der Waals surface area (Å²) in [5.74, 6) is 0.735. The van der Waals surface area contributed by atoms with E-state index in [0.29, 0.717) is 23.4 Å². The molecule has 0 bridgehead atoms. The van der Waals surface area contributed by atoms with Crippen LogP contribution in [-0.2, 0) is 4.74 Å². The smallest absolute Gasteiger partial charge is 0.224 e. The maximum absolute atomic E-state index is 9.69. The van der Waals surface area contributed by atoms with Crippen molar-refractivity contribution in [3.05, 3.63) is 5.82 Å². The van der Waals surface area contributed by atoms with Gasteiger partial charge in [0.1, 0.15) is 23.5 Å². The summed E-state index contributed by atoms with van der Waals surface area (Å²) in [4.78, 5) is 15.0. The highest BCUT2D eigenvalue weighted by atomic mass is 16.5. The maximum atomic E-state index is 9.69. The number of fused-ring (bicyclic) bond motifs is 1. The SMILES string of the molecule is Nc1nc(N)c2[nH]c([C@H]3C[C@H](O)[C@@H](CO)O3)nc2n1. The lowest BCUT2D eigenvalue weighted by Crippen LogP contribution is -2.24. The van der Waals surface area contributed by atoms with Crippen molar-refractivity contribution in [1.82, 2.24) is 19.9 Å². The van der Waals surface area contributed by atoms with Crippen LogP contribution in [0.1, 0.15) is 18.3 Å². The highest BCUT2D eigenvalue weighted by Crippen LogP contribution is 2.32. The first-order valence-corrected chi connectivity index (χ1v) is 5.81. The lowest BCUT2D eigenvalue weighted by Gasteiger charge is -2.09. The van der Waals surface area contributed by atoms with E-state index in [2.05, 4.69) is 19.9 Å². The van der Waals surface area contributed by atoms with Crippen molar-refractivity contribution in [2.45, 2.75) is 24.7 Å². The zero-order chi connectivity index (χ0) is 13.6. The van der Waals surface area contributed by atoms with Crippen LogP contribution >= 0.6 is 0 Å². The van der Waals surface area contributed by atoms with Gasteiger partial charge in [-0.05, 0) is 0 Å². The molecule has 0 saturated carbocycles. The van der Waals surface area contributed by atoms with E-state index in [1.807, 2.05) is 0 Å². The molecule has 3 atom stereocenters. The topological polar surface area (TPSA) is 156 Å². The van der Waals surface area contributed by atoms with Gasteiger partial charge in [0, 0.05) is 6.42 Å². The van der Waals surface area contributed by atoms with Crippen molar-refractivity contribution in [2.24, 2.45) is 0 Å². The van der Waals surface area contributed by atoms with Crippen molar-refractivity contribution >= 4 is 22.9 Å². The molecule has 102 valence electrons. The Balaban J connectivity index is 1.96. The zero-order valence-electron chi connectivity index (χ0n) is 9.95. The van der Waals surface area contributed by atoms with Crippen LogP contribution in [0.2, 0.25) is 0 Å². The summed E-state index contributed by atoms with van der Waals surface area (Å²) in [6.45, 7) is -0.243. The number of hydrogen-bond acceptors (Lipinski definition) is 8. The van der Waals surface area contributed by atoms with Crippen LogP contribution in [0, 0.1) is 0 Å². The predicted molar refractivity (Wildman–Crippen MR) is 65.8 cm³/mol. The molecule has 7 N–H and O–H groups in total. The van der Waals surface area contributed by atoms with Gasteiger partial charge in [0.2, 0.25) is 5.95 Å². The second-order valence-corrected chi connectivity index (χ2v) is 4.44. The Morgan fingerprint density at radius 3 is 2.79 bits per heavy atom. The van der Waals surface area contributed by atoms with E-state index in [4.69, 9.17) is 21.3 Å². The second kappa shape index (κ2) is 4.30. The minimum Gasteiger partial charge on any atom is -0.394 e. The largest absolute Gasteiger partial charge is 0.394 e. The Kier molecular flexibility index (Phi) is 2.73. The number of hydrogen-bond donors (Lipinski definition) is 5. The summed E-state index contributed by atoms with van der Waals surface area (Å²) in [6, 6.07) is 0. The van der Waals surface area contributed by atoms with Gasteiger partial charge in [0.25, 0.3) is 0 Å². The first kappa shape index (κ1) is 12.1. The van der Waals surface area contributed by atoms with Gasteiger partial charge in [-0.15, -0.1) is 0 Å². The molecule has 2 aromatic heterocycles. The van der Waals surface area contributed by atoms with Crippen LogP contribution in [0.5, 0.6) is 0 Å². The summed E-state index contributed by atoms with van der Waals surface area (Å²) in [5.41, 5.74) is 12.0. The number of aliphatic hydroxyl groups excluding tert-OH is 2. The Morgan fingerprint density at radius 2 is 2.11 bits per heavy atom. The molecule has 0 aromatic carbocycles. The number of aromatic amines is 1. The maximum Gasteiger partial charge on any atom is 0.224 e. The molecule has 0 aliphatic carbocycles. The number of ether oxygens (including phenoxy) is 1. The molecular formula is C10H14N6O3. The van der Waals surface area contributed by atoms with E-state index >= 15 is 0 Å². The van der Waals surface area contributed by atoms with Crippen LogP contribution in [0.3, 0.4) is 0 Å². The van der Waals surface area contributed by atoms with Gasteiger partial charge in [-0.2, -0.15) is 9.97 Å². The number of nitrogens with one attached hydrogen (secondary N) is 1. The van der Waals surface area contributed by atoms with Crippen LogP contribution in [0.25, 0.3) is 11.2 Å². The number of anilines is 2. The molecule has 0 radical (unpaired) electrons. The third-order valence-electron chi connectivity index (χ3n) is 3.12. The monoisotopic (exact) mass is 266 g/mol. The van der Waals surface area contributed by atoms with Crippen molar-refractivity contribution in [3.8, 4) is 0 Å². The zero-order valence-corrected chi connectivity index (χ0v) is 9.95. The number of rotatable bonds is 2. The Bertz CT molecular complexity index is 615. The van der Waals surface area contributed by atoms with E-state index < -0.39 is 18.3 Å². The standard InChI is InChI=1S/C10H14N6O3/c11-7-6-9(16-10(12)14-7)15-8(13-6)4-1-3(18)5(2-17)19-4/h3-5,17-18H,1-2H2,(H5,11,12,13,14,15,16)/t3-,4+,5+/m0/s1. The predicted octanol–water partition coefficient (Wildman–Crippen LogP) is -1.30. The van der Waals surface area contributed by atoms with Crippen molar-refractivity contribution < 1.29 is 14.9 Å². The average molecular weight is 266 g/mol. The van der Waals surface area contributed by atoms with Gasteiger partial charge < -0.3 is 31.4 Å². The van der Waals surface area contributed by atoms with Gasteiger partial charge in [0.15, 0.2) is 11.5 Å². The molecule has 3 rings (SSSR count). The number of nitrogens with two attached hydrogens (primary N) is 2. The van der Waals surface area contributed by atoms with E-state index in [-0.39, 0.29) is 18.4 Å². The quantitative estimate of drug-likeness (QED) is 0.449. The lowest BCUT2D eigenvalue weighted by molar-refractivity contribution is -0.0244. The minimum atomic E-state index is -0.725. The van der Waals surface area contributed by atoms with Crippen LogP contribution in [0.15, 0.2) is 0 Å². The van der Waals surface area contributed by atoms with E-state index in [9.17, 15) is 5.11 Å². The fourth-order valence-electron chi connectivity index (χ4n) is 2.18. The highest BCUT2D eigenvalue weighted by Gasteiger charge is 2.36. The highest BCUT2D eigenvalue weighted by molar-refractivity contribution is 5.82. The molecule has 2 aromatic rings. The molecule has 19 heavy (non-hydrogen) atoms. The molecule has 9 heteroatoms. The molecule has 0 spiro atoms. The summed E-state index contributed by atoms with van der Waals surface area (Å²) in [5, 5.41) is 18.7. The van der Waals surface area contributed by atoms with E-state index in [1.54, 1.807) is 0 Å². The fourth-order valence-corrected chi connectivity index (χ4v) is 2.18. The normalized spacial score (nSPS) is 27.2. The Hall–Kier alpha value is -1.97. The second-order valence-electron chi connectivity index (χ2n) is 4.44. The van der Waals surface area contributed by atoms with Crippen molar-refractivity contribution in [2.75, 3.05) is 18.1 Å². The third kappa shape index (κ3) is 1.97. The minimum absolute atomic E-state index is 0.0451. The molecular weight excluding hydrogens is 252 g/mol. The van der Waals surface area contributed by atoms with Gasteiger partial charge in [-0.25, -0.2) is 4.98 Å². The number of aliphatic hydroxyl groups is 2. The van der Waals surface area contributed by atoms with Gasteiger partial charge in [-0.1, -0.05) is 0 Å². The average Bonchev–Trinajstić information content (AvgIpc) is 2.92. The molecule has 1 aliphatic rings.